The summed E-state index contributed by atoms with van der Waals surface area (Å²) in [5.41, 5.74) is -0.549. The Morgan fingerprint density at radius 3 is 2.39 bits per heavy atom. The van der Waals surface area contributed by atoms with Crippen molar-refractivity contribution in [3.8, 4) is 0 Å². The van der Waals surface area contributed by atoms with Gasteiger partial charge in [-0.15, -0.1) is 12.4 Å². The summed E-state index contributed by atoms with van der Waals surface area (Å²) in [4.78, 5) is 2.23. The van der Waals surface area contributed by atoms with Gasteiger partial charge in [0.05, 0.1) is 5.56 Å². The van der Waals surface area contributed by atoms with Crippen molar-refractivity contribution in [2.45, 2.75) is 38.4 Å². The average Bonchev–Trinajstić information content (AvgIpc) is 2.47. The number of unbranched alkanes of at least 4 members (excludes halogenated alkanes) is 1. The fourth-order valence-electron chi connectivity index (χ4n) is 2.92. The molecule has 0 spiro atoms. The van der Waals surface area contributed by atoms with E-state index in [0.717, 1.165) is 57.6 Å². The fourth-order valence-corrected chi connectivity index (χ4v) is 2.92. The number of piperazine rings is 1. The van der Waals surface area contributed by atoms with Crippen molar-refractivity contribution in [1.29, 1.82) is 0 Å². The molecule has 1 aliphatic rings. The molecule has 2 nitrogen and oxygen atoms in total. The van der Waals surface area contributed by atoms with Crippen molar-refractivity contribution in [2.75, 3.05) is 26.2 Å². The third kappa shape index (κ3) is 5.33. The molecule has 0 unspecified atom stereocenters. The van der Waals surface area contributed by atoms with Gasteiger partial charge >= 0.3 is 6.18 Å². The molecule has 0 aliphatic carbocycles. The van der Waals surface area contributed by atoms with Gasteiger partial charge in [-0.25, -0.2) is 4.39 Å². The molecule has 0 radical (unpaired) electrons. The molecule has 0 saturated carbocycles. The van der Waals surface area contributed by atoms with Gasteiger partial charge < -0.3 is 5.32 Å². The van der Waals surface area contributed by atoms with Crippen molar-refractivity contribution in [1.82, 2.24) is 10.2 Å². The first-order valence-electron chi connectivity index (χ1n) is 7.75. The Morgan fingerprint density at radius 1 is 1.22 bits per heavy atom. The molecular weight excluding hydrogens is 332 g/mol. The summed E-state index contributed by atoms with van der Waals surface area (Å²) in [6.45, 7) is 5.44. The Kier molecular flexibility index (Phi) is 7.77. The zero-order valence-electron chi connectivity index (χ0n) is 13.1. The van der Waals surface area contributed by atoms with Crippen molar-refractivity contribution in [3.63, 3.8) is 0 Å². The minimum absolute atomic E-state index is 0. The first-order valence-corrected chi connectivity index (χ1v) is 7.75. The summed E-state index contributed by atoms with van der Waals surface area (Å²) < 4.78 is 51.9. The lowest BCUT2D eigenvalue weighted by molar-refractivity contribution is -0.140. The lowest BCUT2D eigenvalue weighted by atomic mass is 9.97. The summed E-state index contributed by atoms with van der Waals surface area (Å²) in [5.74, 6) is -1.18. The Bertz CT molecular complexity index is 487. The van der Waals surface area contributed by atoms with Crippen LogP contribution in [0.1, 0.15) is 43.4 Å². The monoisotopic (exact) mass is 354 g/mol. The number of hydrogen-bond donors (Lipinski definition) is 1. The van der Waals surface area contributed by atoms with Gasteiger partial charge in [0, 0.05) is 32.2 Å². The van der Waals surface area contributed by atoms with Gasteiger partial charge in [-0.05, 0) is 24.1 Å². The van der Waals surface area contributed by atoms with Crippen LogP contribution in [0.15, 0.2) is 18.2 Å². The van der Waals surface area contributed by atoms with Crippen molar-refractivity contribution >= 4 is 12.4 Å². The van der Waals surface area contributed by atoms with Gasteiger partial charge in [0.2, 0.25) is 0 Å². The summed E-state index contributed by atoms with van der Waals surface area (Å²) in [6, 6.07) is 3.34. The minimum atomic E-state index is -4.64. The quantitative estimate of drug-likeness (QED) is 0.788. The van der Waals surface area contributed by atoms with Crippen molar-refractivity contribution in [2.24, 2.45) is 0 Å². The van der Waals surface area contributed by atoms with E-state index in [-0.39, 0.29) is 18.4 Å². The maximum Gasteiger partial charge on any atom is 0.419 e. The number of hydrogen-bond acceptors (Lipinski definition) is 2. The molecule has 1 saturated heterocycles. The zero-order chi connectivity index (χ0) is 16.2. The van der Waals surface area contributed by atoms with Gasteiger partial charge in [0.1, 0.15) is 5.82 Å². The van der Waals surface area contributed by atoms with E-state index in [0.29, 0.717) is 5.56 Å². The molecule has 1 atom stereocenters. The van der Waals surface area contributed by atoms with E-state index >= 15 is 0 Å². The first kappa shape index (κ1) is 20.2. The minimum Gasteiger partial charge on any atom is -0.314 e. The number of halogens is 5. The van der Waals surface area contributed by atoms with E-state index in [2.05, 4.69) is 17.1 Å². The number of nitrogens with one attached hydrogen (secondary N) is 1. The van der Waals surface area contributed by atoms with Crippen LogP contribution in [0.5, 0.6) is 0 Å². The van der Waals surface area contributed by atoms with Gasteiger partial charge in [-0.3, -0.25) is 4.90 Å². The van der Waals surface area contributed by atoms with Crippen LogP contribution >= 0.6 is 12.4 Å². The van der Waals surface area contributed by atoms with Crippen LogP contribution in [0.2, 0.25) is 0 Å². The highest BCUT2D eigenvalue weighted by atomic mass is 35.5. The van der Waals surface area contributed by atoms with Crippen LogP contribution in [0.3, 0.4) is 0 Å². The molecule has 7 heteroatoms. The van der Waals surface area contributed by atoms with Gasteiger partial charge in [0.15, 0.2) is 0 Å². The normalized spacial score (nSPS) is 17.6. The van der Waals surface area contributed by atoms with E-state index in [4.69, 9.17) is 0 Å². The predicted molar refractivity (Wildman–Crippen MR) is 85.4 cm³/mol. The molecule has 1 aromatic carbocycles. The molecule has 1 aliphatic heterocycles. The largest absolute Gasteiger partial charge is 0.419 e. The standard InChI is InChI=1S/C16H22F4N2.ClH/c1-2-3-4-15(22-9-7-21-8-10-22)12-5-6-13(14(17)11-12)16(18,19)20;/h5-6,11,15,21H,2-4,7-10H2,1H3;1H/t15-;/m1./s1. The van der Waals surface area contributed by atoms with Crippen LogP contribution in [-0.4, -0.2) is 31.1 Å². The van der Waals surface area contributed by atoms with E-state index in [9.17, 15) is 17.6 Å². The maximum absolute atomic E-state index is 13.8. The molecule has 1 heterocycles. The lowest BCUT2D eigenvalue weighted by Gasteiger charge is -2.35. The zero-order valence-corrected chi connectivity index (χ0v) is 13.9. The highest BCUT2D eigenvalue weighted by molar-refractivity contribution is 5.85. The second kappa shape index (κ2) is 8.85. The Morgan fingerprint density at radius 2 is 1.87 bits per heavy atom. The van der Waals surface area contributed by atoms with Gasteiger partial charge in [-0.2, -0.15) is 13.2 Å². The molecule has 0 amide bonds. The average molecular weight is 355 g/mol. The summed E-state index contributed by atoms with van der Waals surface area (Å²) in [5, 5.41) is 3.25. The maximum atomic E-state index is 13.8. The number of benzene rings is 1. The topological polar surface area (TPSA) is 15.3 Å². The summed E-state index contributed by atoms with van der Waals surface area (Å²) in [7, 11) is 0. The summed E-state index contributed by atoms with van der Waals surface area (Å²) in [6.07, 6.45) is -1.83. The third-order valence-corrected chi connectivity index (χ3v) is 4.11. The van der Waals surface area contributed by atoms with Crippen molar-refractivity contribution in [3.05, 3.63) is 35.1 Å². The SMILES string of the molecule is CCCC[C@H](c1ccc(C(F)(F)F)c(F)c1)N1CCNCC1.Cl. The van der Waals surface area contributed by atoms with E-state index < -0.39 is 17.6 Å². The molecule has 1 aromatic rings. The van der Waals surface area contributed by atoms with Crippen molar-refractivity contribution < 1.29 is 17.6 Å². The summed E-state index contributed by atoms with van der Waals surface area (Å²) >= 11 is 0. The third-order valence-electron chi connectivity index (χ3n) is 4.11. The fraction of sp³-hybridized carbons (Fsp3) is 0.625. The molecule has 132 valence electrons. The number of rotatable bonds is 5. The predicted octanol–water partition coefficient (Wildman–Crippen LogP) is 4.40. The van der Waals surface area contributed by atoms with E-state index in [1.54, 1.807) is 0 Å². The Balaban J connectivity index is 0.00000264. The molecule has 1 fully saturated rings. The molecule has 0 aromatic heterocycles. The van der Waals surface area contributed by atoms with Gasteiger partial charge in [0.25, 0.3) is 0 Å². The Labute approximate surface area is 140 Å². The smallest absolute Gasteiger partial charge is 0.314 e. The van der Waals surface area contributed by atoms with Crippen LogP contribution < -0.4 is 5.32 Å². The molecule has 1 N–H and O–H groups in total. The molecule has 2 rings (SSSR count). The van der Waals surface area contributed by atoms with E-state index in [1.807, 2.05) is 0 Å². The number of nitrogens with zero attached hydrogens (tertiary/aromatic N) is 1. The second-order valence-corrected chi connectivity index (χ2v) is 5.68. The second-order valence-electron chi connectivity index (χ2n) is 5.68. The van der Waals surface area contributed by atoms with Crippen LogP contribution in [0.4, 0.5) is 17.6 Å². The molecule has 0 bridgehead atoms. The number of alkyl halides is 3. The Hall–Kier alpha value is -0.850. The van der Waals surface area contributed by atoms with Crippen LogP contribution in [-0.2, 0) is 6.18 Å². The lowest BCUT2D eigenvalue weighted by Crippen LogP contribution is -2.45. The highest BCUT2D eigenvalue weighted by Crippen LogP contribution is 2.34. The van der Waals surface area contributed by atoms with Crippen LogP contribution in [0.25, 0.3) is 0 Å². The van der Waals surface area contributed by atoms with Gasteiger partial charge in [-0.1, -0.05) is 25.8 Å². The first-order chi connectivity index (χ1) is 10.4. The highest BCUT2D eigenvalue weighted by Gasteiger charge is 2.34. The molecular formula is C16H23ClF4N2. The molecule has 23 heavy (non-hydrogen) atoms. The van der Waals surface area contributed by atoms with Crippen LogP contribution in [0, 0.1) is 5.82 Å². The van der Waals surface area contributed by atoms with E-state index in [1.165, 1.54) is 6.07 Å².